The van der Waals surface area contributed by atoms with Gasteiger partial charge >= 0.3 is 13.2 Å². The molecule has 2 aromatic carbocycles. The van der Waals surface area contributed by atoms with Crippen LogP contribution in [0.3, 0.4) is 0 Å². The zero-order chi connectivity index (χ0) is 24.4. The van der Waals surface area contributed by atoms with E-state index in [1.807, 2.05) is 13.8 Å². The molecule has 0 bridgehead atoms. The van der Waals surface area contributed by atoms with Gasteiger partial charge < -0.3 is 30.7 Å². The van der Waals surface area contributed by atoms with E-state index in [1.54, 1.807) is 24.3 Å². The quantitative estimate of drug-likeness (QED) is 0.261. The SMILES string of the molecule is CC(C)(CNC(=S)Nc1ccc(OC(F)F)cc1)CNC(=S)Nc1ccc(OC(F)F)cc1. The fourth-order valence-corrected chi connectivity index (χ4v) is 2.87. The Bertz CT molecular complexity index is 840. The van der Waals surface area contributed by atoms with Crippen molar-refractivity contribution in [2.24, 2.45) is 5.41 Å². The lowest BCUT2D eigenvalue weighted by atomic mass is 9.93. The van der Waals surface area contributed by atoms with E-state index < -0.39 is 13.2 Å². The van der Waals surface area contributed by atoms with Gasteiger partial charge in [0, 0.05) is 24.5 Å². The summed E-state index contributed by atoms with van der Waals surface area (Å²) in [6.45, 7) is -0.713. The average molecular weight is 505 g/mol. The van der Waals surface area contributed by atoms with Crippen LogP contribution in [0, 0.1) is 5.41 Å². The molecule has 33 heavy (non-hydrogen) atoms. The van der Waals surface area contributed by atoms with Gasteiger partial charge in [-0.15, -0.1) is 0 Å². The Labute approximate surface area is 200 Å². The molecule has 2 rings (SSSR count). The fourth-order valence-electron chi connectivity index (χ4n) is 2.49. The van der Waals surface area contributed by atoms with E-state index in [0.717, 1.165) is 0 Å². The largest absolute Gasteiger partial charge is 0.435 e. The van der Waals surface area contributed by atoms with Crippen LogP contribution < -0.4 is 30.7 Å². The zero-order valence-electron chi connectivity index (χ0n) is 17.8. The van der Waals surface area contributed by atoms with Gasteiger partial charge in [0.15, 0.2) is 10.2 Å². The summed E-state index contributed by atoms with van der Waals surface area (Å²) >= 11 is 10.6. The molecule has 0 atom stereocenters. The first-order valence-electron chi connectivity index (χ1n) is 9.72. The second-order valence-electron chi connectivity index (χ2n) is 7.59. The summed E-state index contributed by atoms with van der Waals surface area (Å²) in [6, 6.07) is 12.0. The Morgan fingerprint density at radius 1 is 0.727 bits per heavy atom. The molecule has 0 heterocycles. The van der Waals surface area contributed by atoms with Crippen molar-refractivity contribution in [3.05, 3.63) is 48.5 Å². The van der Waals surface area contributed by atoms with Gasteiger partial charge in [-0.25, -0.2) is 0 Å². The summed E-state index contributed by atoms with van der Waals surface area (Å²) in [6.07, 6.45) is 0. The fraction of sp³-hybridized carbons (Fsp3) is 0.333. The molecule has 6 nitrogen and oxygen atoms in total. The van der Waals surface area contributed by atoms with Crippen molar-refractivity contribution in [3.63, 3.8) is 0 Å². The molecule has 0 saturated carbocycles. The lowest BCUT2D eigenvalue weighted by molar-refractivity contribution is -0.0505. The lowest BCUT2D eigenvalue weighted by Crippen LogP contribution is -2.44. The van der Waals surface area contributed by atoms with Gasteiger partial charge in [0.25, 0.3) is 0 Å². The highest BCUT2D eigenvalue weighted by atomic mass is 32.1. The number of hydrogen-bond acceptors (Lipinski definition) is 4. The highest BCUT2D eigenvalue weighted by molar-refractivity contribution is 7.80. The van der Waals surface area contributed by atoms with Crippen LogP contribution in [0.15, 0.2) is 48.5 Å². The smallest absolute Gasteiger partial charge is 0.387 e. The van der Waals surface area contributed by atoms with Crippen LogP contribution in [0.1, 0.15) is 13.8 Å². The Balaban J connectivity index is 1.73. The van der Waals surface area contributed by atoms with Gasteiger partial charge in [0.1, 0.15) is 11.5 Å². The average Bonchev–Trinajstić information content (AvgIpc) is 2.73. The molecule has 0 aliphatic carbocycles. The summed E-state index contributed by atoms with van der Waals surface area (Å²) < 4.78 is 57.4. The summed E-state index contributed by atoms with van der Waals surface area (Å²) in [5.41, 5.74) is 1.00. The van der Waals surface area contributed by atoms with E-state index in [4.69, 9.17) is 24.4 Å². The summed E-state index contributed by atoms with van der Waals surface area (Å²) in [5, 5.41) is 12.9. The first kappa shape index (κ1) is 26.4. The van der Waals surface area contributed by atoms with Crippen molar-refractivity contribution in [1.29, 1.82) is 0 Å². The molecule has 0 saturated heterocycles. The van der Waals surface area contributed by atoms with E-state index in [1.165, 1.54) is 24.3 Å². The highest BCUT2D eigenvalue weighted by Gasteiger charge is 2.19. The Kier molecular flexibility index (Phi) is 9.92. The number of benzene rings is 2. The number of rotatable bonds is 10. The van der Waals surface area contributed by atoms with Crippen molar-refractivity contribution in [2.75, 3.05) is 23.7 Å². The van der Waals surface area contributed by atoms with Crippen molar-refractivity contribution in [2.45, 2.75) is 27.1 Å². The number of halogens is 4. The molecule has 4 N–H and O–H groups in total. The van der Waals surface area contributed by atoms with Crippen molar-refractivity contribution >= 4 is 46.0 Å². The Morgan fingerprint density at radius 2 is 1.06 bits per heavy atom. The van der Waals surface area contributed by atoms with Gasteiger partial charge in [-0.3, -0.25) is 0 Å². The van der Waals surface area contributed by atoms with Crippen LogP contribution in [0.25, 0.3) is 0 Å². The van der Waals surface area contributed by atoms with Crippen molar-refractivity contribution in [1.82, 2.24) is 10.6 Å². The molecule has 0 aliphatic heterocycles. The van der Waals surface area contributed by atoms with Gasteiger partial charge in [-0.05, 0) is 78.4 Å². The van der Waals surface area contributed by atoms with Crippen LogP contribution in [0.4, 0.5) is 28.9 Å². The van der Waals surface area contributed by atoms with Gasteiger partial charge in [-0.1, -0.05) is 13.8 Å². The summed E-state index contributed by atoms with van der Waals surface area (Å²) in [4.78, 5) is 0. The number of anilines is 2. The molecule has 0 spiro atoms. The Morgan fingerprint density at radius 3 is 1.36 bits per heavy atom. The molecule has 180 valence electrons. The van der Waals surface area contributed by atoms with Crippen molar-refractivity contribution < 1.29 is 27.0 Å². The van der Waals surface area contributed by atoms with Crippen LogP contribution in [0.2, 0.25) is 0 Å². The number of ether oxygens (including phenoxy) is 2. The zero-order valence-corrected chi connectivity index (χ0v) is 19.5. The number of nitrogens with one attached hydrogen (secondary N) is 4. The maximum absolute atomic E-state index is 12.2. The van der Waals surface area contributed by atoms with Crippen LogP contribution >= 0.6 is 24.4 Å². The van der Waals surface area contributed by atoms with Gasteiger partial charge in [0.05, 0.1) is 0 Å². The third-order valence-electron chi connectivity index (χ3n) is 4.13. The lowest BCUT2D eigenvalue weighted by Gasteiger charge is -2.27. The minimum absolute atomic E-state index is 0.0589. The first-order valence-corrected chi connectivity index (χ1v) is 10.5. The first-order chi connectivity index (χ1) is 15.5. The topological polar surface area (TPSA) is 66.6 Å². The normalized spacial score (nSPS) is 11.2. The minimum Gasteiger partial charge on any atom is -0.435 e. The molecule has 0 aliphatic rings. The van der Waals surface area contributed by atoms with Gasteiger partial charge in [0.2, 0.25) is 0 Å². The summed E-state index contributed by atoms with van der Waals surface area (Å²) in [7, 11) is 0. The molecule has 0 radical (unpaired) electrons. The van der Waals surface area contributed by atoms with E-state index in [-0.39, 0.29) is 16.9 Å². The minimum atomic E-state index is -2.88. The van der Waals surface area contributed by atoms with E-state index in [9.17, 15) is 17.6 Å². The molecule has 12 heteroatoms. The molecule has 0 aromatic heterocycles. The molecular formula is C21H24F4N4O2S2. The number of hydrogen-bond donors (Lipinski definition) is 4. The Hall–Kier alpha value is -2.86. The van der Waals surface area contributed by atoms with Gasteiger partial charge in [-0.2, -0.15) is 17.6 Å². The van der Waals surface area contributed by atoms with Crippen LogP contribution in [0.5, 0.6) is 11.5 Å². The van der Waals surface area contributed by atoms with Crippen LogP contribution in [-0.4, -0.2) is 36.5 Å². The number of thiocarbonyl (C=S) groups is 2. The van der Waals surface area contributed by atoms with E-state index in [0.29, 0.717) is 34.7 Å². The number of alkyl halides is 4. The maximum Gasteiger partial charge on any atom is 0.387 e. The summed E-state index contributed by atoms with van der Waals surface area (Å²) in [5.74, 6) is 0.118. The second kappa shape index (κ2) is 12.4. The van der Waals surface area contributed by atoms with E-state index >= 15 is 0 Å². The molecule has 0 unspecified atom stereocenters. The van der Waals surface area contributed by atoms with Crippen LogP contribution in [-0.2, 0) is 0 Å². The second-order valence-corrected chi connectivity index (χ2v) is 8.40. The molecule has 2 aromatic rings. The molecule has 0 fully saturated rings. The predicted molar refractivity (Wildman–Crippen MR) is 128 cm³/mol. The molecular weight excluding hydrogens is 480 g/mol. The van der Waals surface area contributed by atoms with Crippen molar-refractivity contribution in [3.8, 4) is 11.5 Å². The monoisotopic (exact) mass is 504 g/mol. The van der Waals surface area contributed by atoms with E-state index in [2.05, 4.69) is 30.7 Å². The molecule has 0 amide bonds. The maximum atomic E-state index is 12.2. The highest BCUT2D eigenvalue weighted by Crippen LogP contribution is 2.19. The predicted octanol–water partition coefficient (Wildman–Crippen LogP) is 5.19. The standard InChI is InChI=1S/C21H24F4N4O2S2/c1-21(2,11-26-19(32)28-13-3-7-15(8-4-13)30-17(22)23)12-27-20(33)29-14-5-9-16(10-6-14)31-18(24)25/h3-10,17-18H,11-12H2,1-2H3,(H2,26,28,32)(H2,27,29,33). The third-order valence-corrected chi connectivity index (χ3v) is 4.62. The third kappa shape index (κ3) is 10.5.